The van der Waals surface area contributed by atoms with Gasteiger partial charge in [0.2, 0.25) is 5.91 Å². The highest BCUT2D eigenvalue weighted by atomic mass is 16.7. The van der Waals surface area contributed by atoms with Crippen LogP contribution in [0.15, 0.2) is 36.5 Å². The van der Waals surface area contributed by atoms with E-state index < -0.39 is 86.8 Å². The fourth-order valence-corrected chi connectivity index (χ4v) is 7.77. The summed E-state index contributed by atoms with van der Waals surface area (Å²) < 4.78 is 22.6. The normalized spacial score (nSPS) is 28.0. The number of carbonyl (C=O) groups is 1. The van der Waals surface area contributed by atoms with Gasteiger partial charge in [-0.15, -0.1) is 0 Å². The molecule has 12 atom stereocenters. The average molecular weight is 886 g/mol. The molecule has 2 saturated heterocycles. The van der Waals surface area contributed by atoms with Gasteiger partial charge in [0.15, 0.2) is 12.6 Å². The lowest BCUT2D eigenvalue weighted by Gasteiger charge is -2.46. The van der Waals surface area contributed by atoms with E-state index >= 15 is 0 Å². The predicted molar refractivity (Wildman–Crippen MR) is 240 cm³/mol. The molecule has 1 amide bonds. The van der Waals surface area contributed by atoms with Crippen molar-refractivity contribution in [2.45, 2.75) is 242 Å². The minimum atomic E-state index is -1.79. The maximum absolute atomic E-state index is 13.1. The first-order chi connectivity index (χ1) is 30.1. The van der Waals surface area contributed by atoms with E-state index in [-0.39, 0.29) is 18.9 Å². The molecule has 9 N–H and O–H groups in total. The fourth-order valence-electron chi connectivity index (χ4n) is 7.77. The van der Waals surface area contributed by atoms with Crippen molar-refractivity contribution in [2.24, 2.45) is 0 Å². The van der Waals surface area contributed by atoms with Crippen LogP contribution in [0.4, 0.5) is 0 Å². The first-order valence-electron chi connectivity index (χ1n) is 24.2. The van der Waals surface area contributed by atoms with Gasteiger partial charge >= 0.3 is 0 Å². The Hall–Kier alpha value is -1.79. The zero-order chi connectivity index (χ0) is 45.4. The molecular weight excluding hydrogens is 799 g/mol. The Morgan fingerprint density at radius 2 is 1.03 bits per heavy atom. The first kappa shape index (κ1) is 56.3. The summed E-state index contributed by atoms with van der Waals surface area (Å²) in [5.74, 6) is -0.256. The van der Waals surface area contributed by atoms with Crippen molar-refractivity contribution in [1.82, 2.24) is 5.32 Å². The van der Waals surface area contributed by atoms with Gasteiger partial charge in [0.05, 0.1) is 32.0 Å². The van der Waals surface area contributed by atoms with Crippen molar-refractivity contribution in [3.8, 4) is 0 Å². The summed E-state index contributed by atoms with van der Waals surface area (Å²) in [4.78, 5) is 13.1. The second kappa shape index (κ2) is 35.5. The molecule has 2 rings (SSSR count). The molecule has 0 saturated carbocycles. The van der Waals surface area contributed by atoms with Crippen LogP contribution in [0.1, 0.15) is 168 Å². The van der Waals surface area contributed by atoms with Crippen molar-refractivity contribution < 1.29 is 64.6 Å². The molecule has 0 aliphatic carbocycles. The second-order valence-electron chi connectivity index (χ2n) is 17.2. The van der Waals surface area contributed by atoms with Crippen LogP contribution in [0, 0.1) is 0 Å². The van der Waals surface area contributed by atoms with Crippen molar-refractivity contribution >= 4 is 5.91 Å². The molecule has 12 unspecified atom stereocenters. The van der Waals surface area contributed by atoms with Crippen molar-refractivity contribution in [3.05, 3.63) is 36.5 Å². The summed E-state index contributed by atoms with van der Waals surface area (Å²) in [5.41, 5.74) is 0. The minimum absolute atomic E-state index is 0.256. The third-order valence-electron chi connectivity index (χ3n) is 11.8. The first-order valence-corrected chi connectivity index (χ1v) is 24.2. The quantitative estimate of drug-likeness (QED) is 0.0279. The zero-order valence-corrected chi connectivity index (χ0v) is 38.1. The standard InChI is InChI=1S/C48H87NO13/c1-3-5-7-9-11-13-14-15-16-17-18-19-20-21-22-24-26-28-30-32-40(53)49-36(37(52)31-29-27-25-23-12-10-8-6-4-2)35-59-47-45(58)43(56)46(39(34-51)61-47)62-48-44(57)42(55)41(54)38(33-50)60-48/h12,15-16,23,29,31,36-39,41-48,50-52,54-58H,3-11,13-14,17-22,24-28,30,32-35H2,1-2H3,(H,49,53)/b16-15-,23-12+,31-29+. The third-order valence-corrected chi connectivity index (χ3v) is 11.8. The zero-order valence-electron chi connectivity index (χ0n) is 38.1. The molecule has 2 fully saturated rings. The Balaban J connectivity index is 1.82. The molecule has 0 spiro atoms. The minimum Gasteiger partial charge on any atom is -0.394 e. The molecule has 62 heavy (non-hydrogen) atoms. The summed E-state index contributed by atoms with van der Waals surface area (Å²) in [6, 6.07) is -0.928. The van der Waals surface area contributed by atoms with Gasteiger partial charge in [-0.3, -0.25) is 4.79 Å². The van der Waals surface area contributed by atoms with Gasteiger partial charge < -0.3 is 65.1 Å². The Kier molecular flexibility index (Phi) is 32.2. The molecule has 14 heteroatoms. The topological polar surface area (TPSA) is 228 Å². The van der Waals surface area contributed by atoms with Crippen LogP contribution in [-0.2, 0) is 23.7 Å². The number of nitrogens with one attached hydrogen (secondary N) is 1. The highest BCUT2D eigenvalue weighted by Crippen LogP contribution is 2.30. The maximum Gasteiger partial charge on any atom is 0.220 e. The van der Waals surface area contributed by atoms with Gasteiger partial charge in [-0.1, -0.05) is 140 Å². The summed E-state index contributed by atoms with van der Waals surface area (Å²) in [5, 5.41) is 86.4. The Morgan fingerprint density at radius 3 is 1.61 bits per heavy atom. The maximum atomic E-state index is 13.1. The van der Waals surface area contributed by atoms with Crippen LogP contribution < -0.4 is 5.32 Å². The molecule has 0 aromatic carbocycles. The van der Waals surface area contributed by atoms with Crippen LogP contribution in [-0.4, -0.2) is 140 Å². The summed E-state index contributed by atoms with van der Waals surface area (Å²) in [6.07, 6.45) is 22.1. The van der Waals surface area contributed by atoms with Gasteiger partial charge in [0.25, 0.3) is 0 Å². The number of hydrogen-bond donors (Lipinski definition) is 9. The molecule has 2 aliphatic heterocycles. The van der Waals surface area contributed by atoms with Crippen LogP contribution in [0.2, 0.25) is 0 Å². The van der Waals surface area contributed by atoms with E-state index in [0.717, 1.165) is 38.5 Å². The van der Waals surface area contributed by atoms with Crippen LogP contribution >= 0.6 is 0 Å². The van der Waals surface area contributed by atoms with E-state index in [1.54, 1.807) is 6.08 Å². The molecule has 0 aromatic rings. The van der Waals surface area contributed by atoms with Crippen LogP contribution in [0.5, 0.6) is 0 Å². The number of rotatable bonds is 36. The Labute approximate surface area is 372 Å². The van der Waals surface area contributed by atoms with Gasteiger partial charge in [-0.05, 0) is 57.8 Å². The van der Waals surface area contributed by atoms with Gasteiger partial charge in [-0.2, -0.15) is 0 Å². The number of allylic oxidation sites excluding steroid dienone is 5. The molecule has 0 bridgehead atoms. The molecule has 0 aromatic heterocycles. The van der Waals surface area contributed by atoms with Crippen LogP contribution in [0.3, 0.4) is 0 Å². The average Bonchev–Trinajstić information content (AvgIpc) is 3.27. The van der Waals surface area contributed by atoms with E-state index in [0.29, 0.717) is 12.8 Å². The van der Waals surface area contributed by atoms with E-state index in [9.17, 15) is 45.6 Å². The molecular formula is C48H87NO13. The van der Waals surface area contributed by atoms with Crippen LogP contribution in [0.25, 0.3) is 0 Å². The predicted octanol–water partition coefficient (Wildman–Crippen LogP) is 5.54. The SMILES string of the molecule is CCCCC/C=C/CC/C=C/C(O)C(COC1OC(CO)C(OC2OC(CO)C(O)C(O)C2O)C(O)C1O)NC(=O)CCCCCCCCCCC/C=C\CCCCCCCC. The van der Waals surface area contributed by atoms with E-state index in [4.69, 9.17) is 18.9 Å². The highest BCUT2D eigenvalue weighted by Gasteiger charge is 2.51. The van der Waals surface area contributed by atoms with Gasteiger partial charge in [-0.25, -0.2) is 0 Å². The second-order valence-corrected chi connectivity index (χ2v) is 17.2. The van der Waals surface area contributed by atoms with E-state index in [1.807, 2.05) is 6.08 Å². The molecule has 2 heterocycles. The number of amides is 1. The van der Waals surface area contributed by atoms with E-state index in [2.05, 4.69) is 43.5 Å². The molecule has 362 valence electrons. The van der Waals surface area contributed by atoms with Crippen molar-refractivity contribution in [2.75, 3.05) is 19.8 Å². The number of hydrogen-bond acceptors (Lipinski definition) is 13. The monoisotopic (exact) mass is 886 g/mol. The number of unbranched alkanes of at least 4 members (excludes halogenated alkanes) is 19. The summed E-state index contributed by atoms with van der Waals surface area (Å²) in [7, 11) is 0. The number of aliphatic hydroxyl groups excluding tert-OH is 8. The number of aliphatic hydroxyl groups is 8. The molecule has 14 nitrogen and oxygen atoms in total. The van der Waals surface area contributed by atoms with Crippen molar-refractivity contribution in [3.63, 3.8) is 0 Å². The smallest absolute Gasteiger partial charge is 0.220 e. The number of carbonyl (C=O) groups excluding carboxylic acids is 1. The Bertz CT molecular complexity index is 1190. The lowest BCUT2D eigenvalue weighted by molar-refractivity contribution is -0.359. The fraction of sp³-hybridized carbons (Fsp3) is 0.854. The highest BCUT2D eigenvalue weighted by molar-refractivity contribution is 5.76. The van der Waals surface area contributed by atoms with E-state index in [1.165, 1.54) is 96.3 Å². The lowest BCUT2D eigenvalue weighted by Crippen LogP contribution is -2.65. The number of ether oxygens (including phenoxy) is 4. The third kappa shape index (κ3) is 22.9. The van der Waals surface area contributed by atoms with Gasteiger partial charge in [0.1, 0.15) is 48.8 Å². The largest absolute Gasteiger partial charge is 0.394 e. The molecule has 2 aliphatic rings. The molecule has 0 radical (unpaired) electrons. The van der Waals surface area contributed by atoms with Gasteiger partial charge in [0, 0.05) is 6.42 Å². The summed E-state index contributed by atoms with van der Waals surface area (Å²) >= 11 is 0. The lowest BCUT2D eigenvalue weighted by atomic mass is 9.97. The summed E-state index contributed by atoms with van der Waals surface area (Å²) in [6.45, 7) is 2.69. The Morgan fingerprint density at radius 1 is 0.565 bits per heavy atom. The van der Waals surface area contributed by atoms with Crippen molar-refractivity contribution in [1.29, 1.82) is 0 Å².